The van der Waals surface area contributed by atoms with Crippen LogP contribution in [0.25, 0.3) is 10.9 Å². The SMILES string of the molecule is Cn1ncc2ccc(C#CCO)cc21. The van der Waals surface area contributed by atoms with Gasteiger partial charge in [0.25, 0.3) is 0 Å². The Morgan fingerprint density at radius 2 is 2.36 bits per heavy atom. The lowest BCUT2D eigenvalue weighted by atomic mass is 10.2. The van der Waals surface area contributed by atoms with Crippen molar-refractivity contribution in [1.82, 2.24) is 9.78 Å². The summed E-state index contributed by atoms with van der Waals surface area (Å²) in [6, 6.07) is 5.86. The van der Waals surface area contributed by atoms with Crippen LogP contribution in [0.15, 0.2) is 24.4 Å². The van der Waals surface area contributed by atoms with Crippen LogP contribution in [-0.4, -0.2) is 21.5 Å². The van der Waals surface area contributed by atoms with Crippen molar-refractivity contribution in [1.29, 1.82) is 0 Å². The molecule has 0 bridgehead atoms. The van der Waals surface area contributed by atoms with Crippen molar-refractivity contribution in [3.63, 3.8) is 0 Å². The molecule has 0 fully saturated rings. The van der Waals surface area contributed by atoms with E-state index in [1.807, 2.05) is 31.4 Å². The summed E-state index contributed by atoms with van der Waals surface area (Å²) in [4.78, 5) is 0. The smallest absolute Gasteiger partial charge is 0.104 e. The second-order valence-corrected chi connectivity index (χ2v) is 3.00. The number of aliphatic hydroxyl groups is 1. The minimum Gasteiger partial charge on any atom is -0.384 e. The summed E-state index contributed by atoms with van der Waals surface area (Å²) < 4.78 is 1.81. The Bertz CT molecular complexity index is 517. The molecule has 1 aromatic heterocycles. The van der Waals surface area contributed by atoms with Gasteiger partial charge in [-0.1, -0.05) is 11.8 Å². The van der Waals surface area contributed by atoms with Crippen molar-refractivity contribution in [3.8, 4) is 11.8 Å². The van der Waals surface area contributed by atoms with Gasteiger partial charge in [-0.05, 0) is 18.2 Å². The van der Waals surface area contributed by atoms with Gasteiger partial charge in [-0.2, -0.15) is 5.10 Å². The summed E-state index contributed by atoms with van der Waals surface area (Å²) in [6.07, 6.45) is 1.82. The molecule has 3 nitrogen and oxygen atoms in total. The summed E-state index contributed by atoms with van der Waals surface area (Å²) in [5.74, 6) is 5.48. The standard InChI is InChI=1S/C11H10N2O/c1-13-11-7-9(3-2-6-14)4-5-10(11)8-12-13/h4-5,7-8,14H,6H2,1H3. The molecule has 0 saturated heterocycles. The van der Waals surface area contributed by atoms with E-state index in [1.165, 1.54) is 0 Å². The van der Waals surface area contributed by atoms with Crippen molar-refractivity contribution in [2.75, 3.05) is 6.61 Å². The lowest BCUT2D eigenvalue weighted by molar-refractivity contribution is 0.350. The highest BCUT2D eigenvalue weighted by Crippen LogP contribution is 2.13. The van der Waals surface area contributed by atoms with E-state index in [0.717, 1.165) is 16.5 Å². The first kappa shape index (κ1) is 8.79. The molecule has 3 heteroatoms. The summed E-state index contributed by atoms with van der Waals surface area (Å²) in [5, 5.41) is 13.8. The number of aliphatic hydroxyl groups excluding tert-OH is 1. The van der Waals surface area contributed by atoms with E-state index < -0.39 is 0 Å². The number of fused-ring (bicyclic) bond motifs is 1. The molecule has 0 aliphatic rings. The van der Waals surface area contributed by atoms with E-state index in [1.54, 1.807) is 4.68 Å². The van der Waals surface area contributed by atoms with E-state index in [9.17, 15) is 0 Å². The molecule has 70 valence electrons. The Kier molecular flexibility index (Phi) is 2.21. The van der Waals surface area contributed by atoms with Crippen molar-refractivity contribution >= 4 is 10.9 Å². The van der Waals surface area contributed by atoms with E-state index >= 15 is 0 Å². The molecule has 14 heavy (non-hydrogen) atoms. The Morgan fingerprint density at radius 3 is 3.14 bits per heavy atom. The molecule has 0 amide bonds. The Hall–Kier alpha value is -1.79. The van der Waals surface area contributed by atoms with Gasteiger partial charge in [-0.25, -0.2) is 0 Å². The quantitative estimate of drug-likeness (QED) is 0.621. The third kappa shape index (κ3) is 1.48. The molecule has 0 unspecified atom stereocenters. The lowest BCUT2D eigenvalue weighted by Crippen LogP contribution is -1.88. The molecule has 0 saturated carbocycles. The third-order valence-corrected chi connectivity index (χ3v) is 2.06. The number of benzene rings is 1. The number of aromatic nitrogens is 2. The normalized spacial score (nSPS) is 9.86. The number of nitrogens with zero attached hydrogens (tertiary/aromatic N) is 2. The van der Waals surface area contributed by atoms with Gasteiger partial charge in [-0.3, -0.25) is 4.68 Å². The second kappa shape index (κ2) is 3.52. The summed E-state index contributed by atoms with van der Waals surface area (Å²) in [7, 11) is 1.89. The Balaban J connectivity index is 2.54. The maximum absolute atomic E-state index is 8.56. The molecule has 0 atom stereocenters. The van der Waals surface area contributed by atoms with E-state index in [0.29, 0.717) is 0 Å². The molecule has 1 heterocycles. The van der Waals surface area contributed by atoms with E-state index in [2.05, 4.69) is 16.9 Å². The summed E-state index contributed by atoms with van der Waals surface area (Å²) in [6.45, 7) is -0.108. The molecule has 0 radical (unpaired) electrons. The lowest BCUT2D eigenvalue weighted by Gasteiger charge is -1.94. The topological polar surface area (TPSA) is 38.0 Å². The van der Waals surface area contributed by atoms with Crippen molar-refractivity contribution in [2.45, 2.75) is 0 Å². The number of hydrogen-bond acceptors (Lipinski definition) is 2. The largest absolute Gasteiger partial charge is 0.384 e. The van der Waals surface area contributed by atoms with Crippen LogP contribution in [0.3, 0.4) is 0 Å². The van der Waals surface area contributed by atoms with Crippen LogP contribution < -0.4 is 0 Å². The molecule has 2 aromatic rings. The maximum atomic E-state index is 8.56. The molecule has 1 N–H and O–H groups in total. The molecule has 0 aliphatic carbocycles. The van der Waals surface area contributed by atoms with E-state index in [-0.39, 0.29) is 6.61 Å². The van der Waals surface area contributed by atoms with Gasteiger partial charge >= 0.3 is 0 Å². The average molecular weight is 186 g/mol. The van der Waals surface area contributed by atoms with Crippen molar-refractivity contribution in [3.05, 3.63) is 30.0 Å². The van der Waals surface area contributed by atoms with Crippen molar-refractivity contribution in [2.24, 2.45) is 7.05 Å². The number of hydrogen-bond donors (Lipinski definition) is 1. The minimum absolute atomic E-state index is 0.108. The number of aryl methyl sites for hydroxylation is 1. The van der Waals surface area contributed by atoms with Gasteiger partial charge in [0, 0.05) is 18.0 Å². The van der Waals surface area contributed by atoms with Gasteiger partial charge in [0.05, 0.1) is 11.7 Å². The van der Waals surface area contributed by atoms with Crippen LogP contribution in [0.2, 0.25) is 0 Å². The minimum atomic E-state index is -0.108. The molecule has 0 aliphatic heterocycles. The van der Waals surface area contributed by atoms with Crippen LogP contribution in [0.4, 0.5) is 0 Å². The van der Waals surface area contributed by atoms with Crippen molar-refractivity contribution < 1.29 is 5.11 Å². The first-order valence-corrected chi connectivity index (χ1v) is 4.33. The Labute approximate surface area is 82.0 Å². The molecule has 0 spiro atoms. The molecule has 1 aromatic carbocycles. The van der Waals surface area contributed by atoms with Gasteiger partial charge < -0.3 is 5.11 Å². The van der Waals surface area contributed by atoms with Gasteiger partial charge in [0.1, 0.15) is 6.61 Å². The fraction of sp³-hybridized carbons (Fsp3) is 0.182. The zero-order valence-electron chi connectivity index (χ0n) is 7.86. The van der Waals surface area contributed by atoms with Crippen LogP contribution in [0.5, 0.6) is 0 Å². The summed E-state index contributed by atoms with van der Waals surface area (Å²) >= 11 is 0. The predicted octanol–water partition coefficient (Wildman–Crippen LogP) is 0.917. The van der Waals surface area contributed by atoms with Crippen LogP contribution in [-0.2, 0) is 7.05 Å². The highest BCUT2D eigenvalue weighted by molar-refractivity contribution is 5.80. The fourth-order valence-corrected chi connectivity index (χ4v) is 1.36. The van der Waals surface area contributed by atoms with E-state index in [4.69, 9.17) is 5.11 Å². The van der Waals surface area contributed by atoms with Crippen LogP contribution >= 0.6 is 0 Å². The fourth-order valence-electron chi connectivity index (χ4n) is 1.36. The monoisotopic (exact) mass is 186 g/mol. The average Bonchev–Trinajstić information content (AvgIpc) is 2.57. The molecule has 2 rings (SSSR count). The molecular formula is C11H10N2O. The van der Waals surface area contributed by atoms with Gasteiger partial charge in [0.15, 0.2) is 0 Å². The van der Waals surface area contributed by atoms with Crippen LogP contribution in [0, 0.1) is 11.8 Å². The van der Waals surface area contributed by atoms with Gasteiger partial charge in [-0.15, -0.1) is 0 Å². The Morgan fingerprint density at radius 1 is 1.50 bits per heavy atom. The zero-order chi connectivity index (χ0) is 9.97. The summed E-state index contributed by atoms with van der Waals surface area (Å²) in [5.41, 5.74) is 1.95. The second-order valence-electron chi connectivity index (χ2n) is 3.00. The van der Waals surface area contributed by atoms with Gasteiger partial charge in [0.2, 0.25) is 0 Å². The van der Waals surface area contributed by atoms with Crippen LogP contribution in [0.1, 0.15) is 5.56 Å². The maximum Gasteiger partial charge on any atom is 0.104 e. The highest BCUT2D eigenvalue weighted by atomic mass is 16.2. The predicted molar refractivity (Wildman–Crippen MR) is 54.7 cm³/mol. The zero-order valence-corrected chi connectivity index (χ0v) is 7.86. The highest BCUT2D eigenvalue weighted by Gasteiger charge is 1.98. The number of rotatable bonds is 0. The third-order valence-electron chi connectivity index (χ3n) is 2.06. The first-order chi connectivity index (χ1) is 6.81. The first-order valence-electron chi connectivity index (χ1n) is 4.33. The molecular weight excluding hydrogens is 176 g/mol.